The molecule has 7 rings (SSSR count). The van der Waals surface area contributed by atoms with Crippen LogP contribution in [0.4, 0.5) is 5.69 Å². The number of fused-ring (bicyclic) bond motifs is 3. The molecule has 7 nitrogen and oxygen atoms in total. The predicted octanol–water partition coefficient (Wildman–Crippen LogP) is 9.04. The first kappa shape index (κ1) is 32.9. The highest BCUT2D eigenvalue weighted by atomic mass is 32.2. The Hall–Kier alpha value is -5.60. The van der Waals surface area contributed by atoms with Crippen LogP contribution in [0.2, 0.25) is 0 Å². The van der Waals surface area contributed by atoms with Crippen molar-refractivity contribution in [3.63, 3.8) is 0 Å². The average Bonchev–Trinajstić information content (AvgIpc) is 3.49. The van der Waals surface area contributed by atoms with Crippen LogP contribution in [0.15, 0.2) is 139 Å². The number of nitrogens with zero attached hydrogens (tertiary/aromatic N) is 3. The van der Waals surface area contributed by atoms with E-state index in [1.807, 2.05) is 96.0 Å². The number of amides is 1. The van der Waals surface area contributed by atoms with E-state index >= 15 is 0 Å². The largest absolute Gasteiger partial charge is 0.339 e. The van der Waals surface area contributed by atoms with E-state index in [0.717, 1.165) is 55.6 Å². The van der Waals surface area contributed by atoms with Crippen molar-refractivity contribution < 1.29 is 13.2 Å². The Balaban J connectivity index is 1.32. The number of H-pyrrole nitrogens is 1. The summed E-state index contributed by atoms with van der Waals surface area (Å²) in [5, 5.41) is 1.83. The van der Waals surface area contributed by atoms with Crippen LogP contribution in [0, 0.1) is 5.41 Å². The first-order valence-electron chi connectivity index (χ1n) is 16.6. The van der Waals surface area contributed by atoms with Crippen molar-refractivity contribution in [2.45, 2.75) is 37.8 Å². The van der Waals surface area contributed by atoms with Crippen LogP contribution in [0.5, 0.6) is 0 Å². The molecule has 8 heteroatoms. The molecule has 0 aliphatic carbocycles. The van der Waals surface area contributed by atoms with Gasteiger partial charge < -0.3 is 9.88 Å². The molecule has 0 aliphatic heterocycles. The fourth-order valence-electron chi connectivity index (χ4n) is 6.42. The number of nitrogens with one attached hydrogen (secondary N) is 1. The van der Waals surface area contributed by atoms with Crippen LogP contribution in [-0.2, 0) is 26.8 Å². The average molecular weight is 679 g/mol. The highest BCUT2D eigenvalue weighted by Gasteiger charge is 2.24. The van der Waals surface area contributed by atoms with Crippen LogP contribution in [0.25, 0.3) is 44.2 Å². The Kier molecular flexibility index (Phi) is 8.80. The molecule has 0 saturated carbocycles. The molecule has 3 heterocycles. The van der Waals surface area contributed by atoms with Gasteiger partial charge in [0, 0.05) is 57.7 Å². The van der Waals surface area contributed by atoms with Crippen LogP contribution in [0.3, 0.4) is 0 Å². The fourth-order valence-corrected chi connectivity index (χ4v) is 7.78. The van der Waals surface area contributed by atoms with Crippen molar-refractivity contribution in [2.24, 2.45) is 5.41 Å². The maximum Gasteiger partial charge on any atom is 0.233 e. The molecule has 1 amide bonds. The number of pyridine rings is 2. The SMILES string of the molecule is CC(C)(C)CN(C(=O)Cc1ccccn1)c1ccc(-c2cnc3[nH]c4ccc(CS(=O)(=O)c5ccccc5)cc4c3c2-c2ccccc2)cc1. The molecule has 250 valence electrons. The zero-order chi connectivity index (χ0) is 34.9. The summed E-state index contributed by atoms with van der Waals surface area (Å²) in [5.41, 5.74) is 7.62. The van der Waals surface area contributed by atoms with Gasteiger partial charge >= 0.3 is 0 Å². The van der Waals surface area contributed by atoms with Gasteiger partial charge in [-0.2, -0.15) is 0 Å². The molecule has 0 fully saturated rings. The molecule has 0 bridgehead atoms. The number of rotatable bonds is 9. The van der Waals surface area contributed by atoms with Crippen LogP contribution < -0.4 is 4.90 Å². The normalized spacial score (nSPS) is 12.0. The van der Waals surface area contributed by atoms with E-state index < -0.39 is 9.84 Å². The van der Waals surface area contributed by atoms with E-state index in [4.69, 9.17) is 4.98 Å². The quantitative estimate of drug-likeness (QED) is 0.164. The topological polar surface area (TPSA) is 96.0 Å². The summed E-state index contributed by atoms with van der Waals surface area (Å²) in [6.45, 7) is 6.93. The van der Waals surface area contributed by atoms with E-state index in [2.05, 4.69) is 42.9 Å². The number of aromatic amines is 1. The minimum absolute atomic E-state index is 0.0108. The summed E-state index contributed by atoms with van der Waals surface area (Å²) in [7, 11) is -3.54. The molecule has 7 aromatic rings. The second-order valence-electron chi connectivity index (χ2n) is 13.8. The summed E-state index contributed by atoms with van der Waals surface area (Å²) < 4.78 is 26.6. The van der Waals surface area contributed by atoms with Gasteiger partial charge in [-0.15, -0.1) is 0 Å². The molecular formula is C42H38N4O3S. The molecule has 0 unspecified atom stereocenters. The first-order chi connectivity index (χ1) is 24.1. The molecule has 3 aromatic heterocycles. The Morgan fingerprint density at radius 2 is 1.48 bits per heavy atom. The molecule has 0 saturated heterocycles. The number of anilines is 1. The van der Waals surface area contributed by atoms with Crippen molar-refractivity contribution in [2.75, 3.05) is 11.4 Å². The lowest BCUT2D eigenvalue weighted by Crippen LogP contribution is -2.39. The summed E-state index contributed by atoms with van der Waals surface area (Å²) in [6, 6.07) is 38.2. The Morgan fingerprint density at radius 3 is 2.16 bits per heavy atom. The Bertz CT molecular complexity index is 2400. The summed E-state index contributed by atoms with van der Waals surface area (Å²) in [5.74, 6) is -0.123. The highest BCUT2D eigenvalue weighted by molar-refractivity contribution is 7.90. The number of hydrogen-bond donors (Lipinski definition) is 1. The van der Waals surface area contributed by atoms with Crippen molar-refractivity contribution in [3.8, 4) is 22.3 Å². The zero-order valence-electron chi connectivity index (χ0n) is 28.3. The molecule has 1 N–H and O–H groups in total. The van der Waals surface area contributed by atoms with Gasteiger partial charge in [-0.3, -0.25) is 9.78 Å². The van der Waals surface area contributed by atoms with Crippen molar-refractivity contribution in [1.29, 1.82) is 0 Å². The van der Waals surface area contributed by atoms with Crippen LogP contribution >= 0.6 is 0 Å². The van der Waals surface area contributed by atoms with Crippen LogP contribution in [-0.4, -0.2) is 35.8 Å². The number of benzene rings is 4. The van der Waals surface area contributed by atoms with Gasteiger partial charge in [0.1, 0.15) is 5.65 Å². The van der Waals surface area contributed by atoms with Gasteiger partial charge in [0.25, 0.3) is 0 Å². The van der Waals surface area contributed by atoms with Crippen molar-refractivity contribution in [3.05, 3.63) is 145 Å². The minimum atomic E-state index is -3.54. The predicted molar refractivity (Wildman–Crippen MR) is 202 cm³/mol. The second kappa shape index (κ2) is 13.4. The standard InChI is InChI=1S/C42H38N4O3S/c1-42(2,3)28-46(38(47)25-32-14-10-11-23-43-32)33-20-18-30(19-21-33)36-26-44-41-40(39(36)31-12-6-4-7-13-31)35-24-29(17-22-37(35)45-41)27-50(48,49)34-15-8-5-9-16-34/h4-24,26H,25,27-28H2,1-3H3,(H,44,45). The van der Waals surface area contributed by atoms with E-state index in [1.165, 1.54) is 0 Å². The van der Waals surface area contributed by atoms with Gasteiger partial charge in [-0.05, 0) is 70.6 Å². The lowest BCUT2D eigenvalue weighted by molar-refractivity contribution is -0.118. The molecule has 0 radical (unpaired) electrons. The maximum absolute atomic E-state index is 13.7. The van der Waals surface area contributed by atoms with E-state index in [1.54, 1.807) is 30.5 Å². The Morgan fingerprint density at radius 1 is 0.780 bits per heavy atom. The lowest BCUT2D eigenvalue weighted by atomic mass is 9.92. The molecule has 0 aliphatic rings. The summed E-state index contributed by atoms with van der Waals surface area (Å²) in [6.07, 6.45) is 3.81. The van der Waals surface area contributed by atoms with Gasteiger partial charge in [-0.1, -0.05) is 93.6 Å². The third-order valence-electron chi connectivity index (χ3n) is 8.69. The summed E-state index contributed by atoms with van der Waals surface area (Å²) in [4.78, 5) is 28.5. The third-order valence-corrected chi connectivity index (χ3v) is 10.4. The van der Waals surface area contributed by atoms with Crippen molar-refractivity contribution >= 4 is 43.4 Å². The fraction of sp³-hybridized carbons (Fsp3) is 0.167. The monoisotopic (exact) mass is 678 g/mol. The van der Waals surface area contributed by atoms with Gasteiger partial charge in [0.2, 0.25) is 5.91 Å². The molecule has 0 spiro atoms. The van der Waals surface area contributed by atoms with Gasteiger partial charge in [0.05, 0.1) is 17.1 Å². The second-order valence-corrected chi connectivity index (χ2v) is 15.8. The first-order valence-corrected chi connectivity index (χ1v) is 18.3. The van der Waals surface area contributed by atoms with E-state index in [-0.39, 0.29) is 23.5 Å². The molecular weight excluding hydrogens is 641 g/mol. The molecule has 0 atom stereocenters. The number of aromatic nitrogens is 3. The van der Waals surface area contributed by atoms with Crippen LogP contribution in [0.1, 0.15) is 32.0 Å². The molecule has 50 heavy (non-hydrogen) atoms. The van der Waals surface area contributed by atoms with E-state index in [0.29, 0.717) is 17.0 Å². The number of sulfone groups is 1. The Labute approximate surface area is 292 Å². The van der Waals surface area contributed by atoms with E-state index in [9.17, 15) is 13.2 Å². The minimum Gasteiger partial charge on any atom is -0.339 e. The zero-order valence-corrected chi connectivity index (χ0v) is 29.1. The smallest absolute Gasteiger partial charge is 0.233 e. The summed E-state index contributed by atoms with van der Waals surface area (Å²) >= 11 is 0. The molecule has 4 aromatic carbocycles. The van der Waals surface area contributed by atoms with Gasteiger partial charge in [-0.25, -0.2) is 13.4 Å². The number of carbonyl (C=O) groups excluding carboxylic acids is 1. The van der Waals surface area contributed by atoms with Gasteiger partial charge in [0.15, 0.2) is 9.84 Å². The lowest BCUT2D eigenvalue weighted by Gasteiger charge is -2.30. The van der Waals surface area contributed by atoms with Crippen molar-refractivity contribution in [1.82, 2.24) is 15.0 Å². The highest BCUT2D eigenvalue weighted by Crippen LogP contribution is 2.41. The number of hydrogen-bond acceptors (Lipinski definition) is 5. The maximum atomic E-state index is 13.7. The number of carbonyl (C=O) groups is 1. The third kappa shape index (κ3) is 6.93.